The lowest BCUT2D eigenvalue weighted by Gasteiger charge is -2.10. The lowest BCUT2D eigenvalue weighted by molar-refractivity contribution is 0.410. The Hall–Kier alpha value is -2.67. The van der Waals surface area contributed by atoms with Gasteiger partial charge >= 0.3 is 0 Å². The molecule has 1 aromatic heterocycles. The maximum atomic E-state index is 5.34. The number of para-hydroxylation sites is 2. The van der Waals surface area contributed by atoms with Gasteiger partial charge in [-0.3, -0.25) is 0 Å². The third kappa shape index (κ3) is 3.99. The fourth-order valence-electron chi connectivity index (χ4n) is 2.16. The summed E-state index contributed by atoms with van der Waals surface area (Å²) in [6.45, 7) is 0.546. The molecule has 122 valence electrons. The number of methoxy groups -OCH3 is 1. The molecule has 0 saturated carbocycles. The minimum absolute atomic E-state index is 0.443. The van der Waals surface area contributed by atoms with Crippen LogP contribution in [0.1, 0.15) is 5.56 Å². The summed E-state index contributed by atoms with van der Waals surface area (Å²) >= 11 is 3.49. The zero-order chi connectivity index (χ0) is 16.8. The maximum Gasteiger partial charge on any atom is 0.244 e. The van der Waals surface area contributed by atoms with Crippen LogP contribution in [0.25, 0.3) is 0 Å². The first-order valence-electron chi connectivity index (χ1n) is 7.33. The summed E-state index contributed by atoms with van der Waals surface area (Å²) in [5.74, 6) is 1.87. The third-order valence-corrected chi connectivity index (χ3v) is 4.02. The number of benzene rings is 2. The van der Waals surface area contributed by atoms with Gasteiger partial charge in [0.1, 0.15) is 5.75 Å². The van der Waals surface area contributed by atoms with Crippen LogP contribution in [0.2, 0.25) is 0 Å². The van der Waals surface area contributed by atoms with Crippen molar-refractivity contribution in [1.29, 1.82) is 0 Å². The molecule has 0 saturated heterocycles. The van der Waals surface area contributed by atoms with Gasteiger partial charge in [-0.1, -0.05) is 30.3 Å². The minimum Gasteiger partial charge on any atom is -0.496 e. The predicted octanol–water partition coefficient (Wildman–Crippen LogP) is 4.00. The average Bonchev–Trinajstić information content (AvgIpc) is 2.62. The fourth-order valence-corrected chi connectivity index (χ4v) is 2.55. The second kappa shape index (κ2) is 7.74. The number of nitrogens with one attached hydrogen (secondary N) is 2. The molecule has 0 radical (unpaired) electrons. The Balaban J connectivity index is 1.70. The first-order valence-corrected chi connectivity index (χ1v) is 8.12. The van der Waals surface area contributed by atoms with Crippen LogP contribution in [0.3, 0.4) is 0 Å². The van der Waals surface area contributed by atoms with Crippen molar-refractivity contribution in [2.75, 3.05) is 17.7 Å². The van der Waals surface area contributed by atoms with Crippen LogP contribution < -0.4 is 15.4 Å². The highest BCUT2D eigenvalue weighted by molar-refractivity contribution is 9.10. The van der Waals surface area contributed by atoms with Gasteiger partial charge < -0.3 is 15.4 Å². The first kappa shape index (κ1) is 16.2. The molecule has 0 aliphatic heterocycles. The Morgan fingerprint density at radius 3 is 2.71 bits per heavy atom. The fraction of sp³-hybridized carbons (Fsp3) is 0.118. The molecular weight excluding hydrogens is 370 g/mol. The summed E-state index contributed by atoms with van der Waals surface area (Å²) in [6, 6.07) is 15.6. The molecule has 3 aromatic rings. The Labute approximate surface area is 148 Å². The number of hydrogen-bond donors (Lipinski definition) is 2. The van der Waals surface area contributed by atoms with Crippen LogP contribution in [0, 0.1) is 0 Å². The standard InChI is InChI=1S/C17H16BrN5O/c1-24-15-9-5-2-6-12(15)10-19-17-22-16(11-20-23-17)21-14-8-4-3-7-13(14)18/h2-9,11H,10H2,1H3,(H2,19,21,22,23). The number of hydrogen-bond acceptors (Lipinski definition) is 6. The summed E-state index contributed by atoms with van der Waals surface area (Å²) in [5, 5.41) is 14.4. The topological polar surface area (TPSA) is 72.0 Å². The molecular formula is C17H16BrN5O. The monoisotopic (exact) mass is 385 g/mol. The van der Waals surface area contributed by atoms with E-state index >= 15 is 0 Å². The van der Waals surface area contributed by atoms with E-state index in [2.05, 4.69) is 41.7 Å². The molecule has 3 rings (SSSR count). The zero-order valence-electron chi connectivity index (χ0n) is 13.0. The van der Waals surface area contributed by atoms with Gasteiger partial charge in [-0.2, -0.15) is 10.1 Å². The van der Waals surface area contributed by atoms with E-state index in [1.807, 2.05) is 48.5 Å². The van der Waals surface area contributed by atoms with Gasteiger partial charge in [0.05, 0.1) is 19.0 Å². The van der Waals surface area contributed by atoms with E-state index in [0.29, 0.717) is 18.3 Å². The van der Waals surface area contributed by atoms with Crippen molar-refractivity contribution in [3.8, 4) is 5.75 Å². The quantitative estimate of drug-likeness (QED) is 0.667. The molecule has 0 unspecified atom stereocenters. The average molecular weight is 386 g/mol. The molecule has 0 bridgehead atoms. The van der Waals surface area contributed by atoms with Crippen molar-refractivity contribution in [1.82, 2.24) is 15.2 Å². The van der Waals surface area contributed by atoms with E-state index in [9.17, 15) is 0 Å². The van der Waals surface area contributed by atoms with E-state index in [4.69, 9.17) is 4.74 Å². The normalized spacial score (nSPS) is 10.2. The summed E-state index contributed by atoms with van der Waals surface area (Å²) in [6.07, 6.45) is 1.58. The van der Waals surface area contributed by atoms with Crippen LogP contribution in [-0.4, -0.2) is 22.3 Å². The van der Waals surface area contributed by atoms with Crippen LogP contribution in [0.5, 0.6) is 5.75 Å². The van der Waals surface area contributed by atoms with E-state index in [1.54, 1.807) is 13.3 Å². The molecule has 1 heterocycles. The lowest BCUT2D eigenvalue weighted by Crippen LogP contribution is -2.07. The van der Waals surface area contributed by atoms with Crippen LogP contribution in [0.15, 0.2) is 59.2 Å². The van der Waals surface area contributed by atoms with Crippen molar-refractivity contribution in [3.63, 3.8) is 0 Å². The van der Waals surface area contributed by atoms with Gasteiger partial charge in [-0.25, -0.2) is 0 Å². The highest BCUT2D eigenvalue weighted by Crippen LogP contribution is 2.24. The molecule has 2 N–H and O–H groups in total. The Bertz CT molecular complexity index is 827. The van der Waals surface area contributed by atoms with Gasteiger partial charge in [0.15, 0.2) is 5.82 Å². The Morgan fingerprint density at radius 2 is 1.88 bits per heavy atom. The van der Waals surface area contributed by atoms with Crippen molar-refractivity contribution in [2.24, 2.45) is 0 Å². The van der Waals surface area contributed by atoms with Gasteiger partial charge in [-0.05, 0) is 34.1 Å². The van der Waals surface area contributed by atoms with Gasteiger partial charge in [0.2, 0.25) is 5.95 Å². The SMILES string of the molecule is COc1ccccc1CNc1nncc(Nc2ccccc2Br)n1. The molecule has 7 heteroatoms. The summed E-state index contributed by atoms with van der Waals surface area (Å²) in [7, 11) is 1.65. The van der Waals surface area contributed by atoms with Crippen molar-refractivity contribution in [3.05, 3.63) is 64.8 Å². The second-order valence-electron chi connectivity index (χ2n) is 4.94. The van der Waals surface area contributed by atoms with E-state index in [-0.39, 0.29) is 0 Å². The molecule has 0 amide bonds. The van der Waals surface area contributed by atoms with Crippen molar-refractivity contribution < 1.29 is 4.74 Å². The van der Waals surface area contributed by atoms with Crippen molar-refractivity contribution in [2.45, 2.75) is 6.54 Å². The van der Waals surface area contributed by atoms with Crippen LogP contribution >= 0.6 is 15.9 Å². The maximum absolute atomic E-state index is 5.34. The molecule has 2 aromatic carbocycles. The molecule has 24 heavy (non-hydrogen) atoms. The summed E-state index contributed by atoms with van der Waals surface area (Å²) in [4.78, 5) is 4.42. The number of ether oxygens (including phenoxy) is 1. The number of nitrogens with zero attached hydrogens (tertiary/aromatic N) is 3. The Morgan fingerprint density at radius 1 is 1.08 bits per heavy atom. The predicted molar refractivity (Wildman–Crippen MR) is 97.6 cm³/mol. The van der Waals surface area contributed by atoms with E-state index in [0.717, 1.165) is 21.5 Å². The second-order valence-corrected chi connectivity index (χ2v) is 5.79. The Kier molecular flexibility index (Phi) is 5.22. The summed E-state index contributed by atoms with van der Waals surface area (Å²) < 4.78 is 6.29. The van der Waals surface area contributed by atoms with Gasteiger partial charge in [0.25, 0.3) is 0 Å². The van der Waals surface area contributed by atoms with E-state index in [1.165, 1.54) is 0 Å². The zero-order valence-corrected chi connectivity index (χ0v) is 14.6. The van der Waals surface area contributed by atoms with Gasteiger partial charge in [-0.15, -0.1) is 5.10 Å². The number of aromatic nitrogens is 3. The minimum atomic E-state index is 0.443. The largest absolute Gasteiger partial charge is 0.496 e. The first-order chi connectivity index (χ1) is 11.8. The molecule has 0 fully saturated rings. The highest BCUT2D eigenvalue weighted by Gasteiger charge is 2.05. The highest BCUT2D eigenvalue weighted by atomic mass is 79.9. The number of anilines is 3. The van der Waals surface area contributed by atoms with Crippen molar-refractivity contribution >= 4 is 33.4 Å². The molecule has 0 aliphatic carbocycles. The molecule has 0 spiro atoms. The lowest BCUT2D eigenvalue weighted by atomic mass is 10.2. The van der Waals surface area contributed by atoms with Crippen LogP contribution in [0.4, 0.5) is 17.5 Å². The molecule has 0 atom stereocenters. The summed E-state index contributed by atoms with van der Waals surface area (Å²) in [5.41, 5.74) is 1.93. The van der Waals surface area contributed by atoms with Gasteiger partial charge in [0, 0.05) is 16.6 Å². The number of rotatable bonds is 6. The molecule has 0 aliphatic rings. The third-order valence-electron chi connectivity index (χ3n) is 3.32. The smallest absolute Gasteiger partial charge is 0.244 e. The van der Waals surface area contributed by atoms with Crippen LogP contribution in [-0.2, 0) is 6.54 Å². The van der Waals surface area contributed by atoms with E-state index < -0.39 is 0 Å². The number of halogens is 1. The molecule has 6 nitrogen and oxygen atoms in total.